The molecule has 1 unspecified atom stereocenters. The van der Waals surface area contributed by atoms with Crippen molar-refractivity contribution in [3.8, 4) is 5.75 Å². The zero-order valence-corrected chi connectivity index (χ0v) is 12.2. The summed E-state index contributed by atoms with van der Waals surface area (Å²) in [6, 6.07) is 11.4. The van der Waals surface area contributed by atoms with Gasteiger partial charge in [0.15, 0.2) is 0 Å². The normalized spacial score (nSPS) is 12.5. The molecule has 0 aromatic heterocycles. The summed E-state index contributed by atoms with van der Waals surface area (Å²) in [5, 5.41) is 0.360. The third-order valence-electron chi connectivity index (χ3n) is 2.91. The summed E-state index contributed by atoms with van der Waals surface area (Å²) in [6.45, 7) is 3.92. The van der Waals surface area contributed by atoms with Gasteiger partial charge in [0.2, 0.25) is 0 Å². The van der Waals surface area contributed by atoms with Gasteiger partial charge < -0.3 is 10.5 Å². The monoisotopic (exact) mass is 293 g/mol. The second-order valence-electron chi connectivity index (χ2n) is 4.88. The number of ether oxygens (including phenoxy) is 1. The number of nitrogens with two attached hydrogens (primary N) is 1. The highest BCUT2D eigenvalue weighted by molar-refractivity contribution is 6.30. The van der Waals surface area contributed by atoms with Gasteiger partial charge in [-0.15, -0.1) is 0 Å². The van der Waals surface area contributed by atoms with Crippen molar-refractivity contribution in [3.63, 3.8) is 0 Å². The third kappa shape index (κ3) is 3.50. The molecule has 2 rings (SSSR count). The van der Waals surface area contributed by atoms with Crippen LogP contribution >= 0.6 is 11.6 Å². The highest BCUT2D eigenvalue weighted by Crippen LogP contribution is 2.26. The fraction of sp³-hybridized carbons (Fsp3) is 0.250. The van der Waals surface area contributed by atoms with E-state index in [9.17, 15) is 4.39 Å². The van der Waals surface area contributed by atoms with Crippen molar-refractivity contribution in [3.05, 3.63) is 64.4 Å². The fourth-order valence-corrected chi connectivity index (χ4v) is 2.12. The molecule has 2 N–H and O–H groups in total. The molecule has 0 bridgehead atoms. The summed E-state index contributed by atoms with van der Waals surface area (Å²) in [5.74, 6) is 0.375. The predicted molar refractivity (Wildman–Crippen MR) is 79.6 cm³/mol. The van der Waals surface area contributed by atoms with Crippen LogP contribution in [0.5, 0.6) is 5.75 Å². The van der Waals surface area contributed by atoms with Crippen molar-refractivity contribution in [1.29, 1.82) is 0 Å². The van der Waals surface area contributed by atoms with Crippen LogP contribution in [0, 0.1) is 5.82 Å². The third-order valence-corrected chi connectivity index (χ3v) is 3.14. The molecular weight excluding hydrogens is 277 g/mol. The van der Waals surface area contributed by atoms with Crippen molar-refractivity contribution in [2.24, 2.45) is 5.73 Å². The van der Waals surface area contributed by atoms with E-state index < -0.39 is 11.9 Å². The lowest BCUT2D eigenvalue weighted by Crippen LogP contribution is -2.13. The Morgan fingerprint density at radius 2 is 1.75 bits per heavy atom. The molecule has 0 aliphatic rings. The first-order chi connectivity index (χ1) is 9.47. The average Bonchev–Trinajstić information content (AvgIpc) is 2.38. The van der Waals surface area contributed by atoms with E-state index in [0.717, 1.165) is 11.3 Å². The first kappa shape index (κ1) is 14.8. The number of hydrogen-bond donors (Lipinski definition) is 1. The molecule has 0 fully saturated rings. The summed E-state index contributed by atoms with van der Waals surface area (Å²) in [6.07, 6.45) is 0.114. The summed E-state index contributed by atoms with van der Waals surface area (Å²) >= 11 is 5.74. The summed E-state index contributed by atoms with van der Waals surface area (Å²) < 4.78 is 19.4. The maximum absolute atomic E-state index is 13.8. The fourth-order valence-electron chi connectivity index (χ4n) is 1.96. The smallest absolute Gasteiger partial charge is 0.129 e. The zero-order chi connectivity index (χ0) is 14.7. The Hall–Kier alpha value is -1.58. The SMILES string of the molecule is CC(C)Oc1ccc(C(N)c2ccc(Cl)cc2F)cc1. The molecule has 2 nitrogen and oxygen atoms in total. The molecule has 0 heterocycles. The average molecular weight is 294 g/mol. The van der Waals surface area contributed by atoms with Gasteiger partial charge in [0, 0.05) is 10.6 Å². The first-order valence-electron chi connectivity index (χ1n) is 6.44. The molecule has 0 spiro atoms. The first-order valence-corrected chi connectivity index (χ1v) is 6.82. The van der Waals surface area contributed by atoms with Crippen molar-refractivity contribution in [1.82, 2.24) is 0 Å². The maximum Gasteiger partial charge on any atom is 0.129 e. The second kappa shape index (κ2) is 6.25. The largest absolute Gasteiger partial charge is 0.491 e. The van der Waals surface area contributed by atoms with Crippen molar-refractivity contribution in [2.75, 3.05) is 0 Å². The van der Waals surface area contributed by atoms with Gasteiger partial charge in [-0.25, -0.2) is 4.39 Å². The topological polar surface area (TPSA) is 35.2 Å². The minimum Gasteiger partial charge on any atom is -0.491 e. The Balaban J connectivity index is 2.22. The number of halogens is 2. The van der Waals surface area contributed by atoms with Crippen molar-refractivity contribution >= 4 is 11.6 Å². The molecule has 0 saturated heterocycles. The molecule has 1 atom stereocenters. The maximum atomic E-state index is 13.8. The van der Waals surface area contributed by atoms with Gasteiger partial charge >= 0.3 is 0 Å². The lowest BCUT2D eigenvalue weighted by atomic mass is 9.99. The molecule has 20 heavy (non-hydrogen) atoms. The Morgan fingerprint density at radius 3 is 2.30 bits per heavy atom. The van der Waals surface area contributed by atoms with Gasteiger partial charge in [-0.05, 0) is 43.7 Å². The van der Waals surface area contributed by atoms with Crippen LogP contribution in [0.1, 0.15) is 31.0 Å². The zero-order valence-electron chi connectivity index (χ0n) is 11.4. The number of rotatable bonds is 4. The molecule has 2 aromatic rings. The van der Waals surface area contributed by atoms with Crippen LogP contribution in [0.15, 0.2) is 42.5 Å². The van der Waals surface area contributed by atoms with Gasteiger partial charge in [0.05, 0.1) is 12.1 Å². The molecule has 0 aliphatic heterocycles. The predicted octanol–water partition coefficient (Wildman–Crippen LogP) is 4.31. The molecule has 106 valence electrons. The molecule has 0 radical (unpaired) electrons. The van der Waals surface area contributed by atoms with E-state index in [4.69, 9.17) is 22.1 Å². The lowest BCUT2D eigenvalue weighted by Gasteiger charge is -2.15. The van der Waals surface area contributed by atoms with E-state index in [2.05, 4.69) is 0 Å². The second-order valence-corrected chi connectivity index (χ2v) is 5.32. The molecular formula is C16H17ClFNO. The molecule has 2 aromatic carbocycles. The van der Waals surface area contributed by atoms with Crippen molar-refractivity contribution in [2.45, 2.75) is 26.0 Å². The van der Waals surface area contributed by atoms with Gasteiger partial charge in [-0.2, -0.15) is 0 Å². The lowest BCUT2D eigenvalue weighted by molar-refractivity contribution is 0.242. The van der Waals surface area contributed by atoms with Crippen molar-refractivity contribution < 1.29 is 9.13 Å². The Labute approximate surface area is 123 Å². The summed E-state index contributed by atoms with van der Waals surface area (Å²) in [7, 11) is 0. The van der Waals surface area contributed by atoms with Crippen LogP contribution in [0.3, 0.4) is 0 Å². The van der Waals surface area contributed by atoms with Gasteiger partial charge in [-0.1, -0.05) is 29.8 Å². The molecule has 4 heteroatoms. The van der Waals surface area contributed by atoms with Crippen LogP contribution in [0.2, 0.25) is 5.02 Å². The van der Waals surface area contributed by atoms with Gasteiger partial charge in [0.25, 0.3) is 0 Å². The van der Waals surface area contributed by atoms with E-state index in [0.29, 0.717) is 10.6 Å². The van der Waals surface area contributed by atoms with Crippen LogP contribution in [0.25, 0.3) is 0 Å². The molecule has 0 saturated carbocycles. The van der Waals surface area contributed by atoms with Crippen LogP contribution in [-0.2, 0) is 0 Å². The molecule has 0 amide bonds. The van der Waals surface area contributed by atoms with Crippen LogP contribution < -0.4 is 10.5 Å². The summed E-state index contributed by atoms with van der Waals surface area (Å²) in [4.78, 5) is 0. The van der Waals surface area contributed by atoms with Crippen LogP contribution in [0.4, 0.5) is 4.39 Å². The summed E-state index contributed by atoms with van der Waals surface area (Å²) in [5.41, 5.74) is 7.34. The van der Waals surface area contributed by atoms with E-state index >= 15 is 0 Å². The standard InChI is InChI=1S/C16H17ClFNO/c1-10(2)20-13-6-3-11(4-7-13)16(19)14-8-5-12(17)9-15(14)18/h3-10,16H,19H2,1-2H3. The Morgan fingerprint density at radius 1 is 1.10 bits per heavy atom. The van der Waals surface area contributed by atoms with E-state index in [1.165, 1.54) is 6.07 Å². The van der Waals surface area contributed by atoms with Gasteiger partial charge in [-0.3, -0.25) is 0 Å². The van der Waals surface area contributed by atoms with E-state index in [1.54, 1.807) is 12.1 Å². The Bertz CT molecular complexity index is 584. The quantitative estimate of drug-likeness (QED) is 0.911. The van der Waals surface area contributed by atoms with E-state index in [1.807, 2.05) is 38.1 Å². The molecule has 0 aliphatic carbocycles. The Kier molecular flexibility index (Phi) is 4.63. The minimum absolute atomic E-state index is 0.114. The number of hydrogen-bond acceptors (Lipinski definition) is 2. The number of benzene rings is 2. The van der Waals surface area contributed by atoms with E-state index in [-0.39, 0.29) is 6.10 Å². The van der Waals surface area contributed by atoms with Gasteiger partial charge in [0.1, 0.15) is 11.6 Å². The highest BCUT2D eigenvalue weighted by Gasteiger charge is 2.14. The van der Waals surface area contributed by atoms with Crippen LogP contribution in [-0.4, -0.2) is 6.10 Å². The minimum atomic E-state index is -0.527. The highest BCUT2D eigenvalue weighted by atomic mass is 35.5.